The molecule has 0 spiro atoms. The number of likely N-dealkylation sites (N-methyl/N-ethyl adjacent to an activating group) is 1. The Hall–Kier alpha value is -1.75. The number of carbonyl (C=O) groups excluding carboxylic acids is 1. The molecule has 0 aliphatic rings. The summed E-state index contributed by atoms with van der Waals surface area (Å²) in [4.78, 5) is 23.5. The Morgan fingerprint density at radius 1 is 1.37 bits per heavy atom. The van der Waals surface area contributed by atoms with Crippen molar-refractivity contribution in [1.29, 1.82) is 0 Å². The summed E-state index contributed by atoms with van der Waals surface area (Å²) < 4.78 is 5.31. The number of carboxylic acids is 1. The molecule has 0 heterocycles. The molecule has 1 rings (SSSR count). The van der Waals surface area contributed by atoms with E-state index < -0.39 is 5.97 Å². The van der Waals surface area contributed by atoms with E-state index in [9.17, 15) is 9.59 Å². The highest BCUT2D eigenvalue weighted by atomic mass is 35.5. The van der Waals surface area contributed by atoms with Crippen LogP contribution in [-0.2, 0) is 9.59 Å². The molecule has 0 saturated carbocycles. The van der Waals surface area contributed by atoms with Gasteiger partial charge in [-0.15, -0.1) is 0 Å². The predicted octanol–water partition coefficient (Wildman–Crippen LogP) is 2.04. The molecule has 0 aliphatic heterocycles. The largest absolute Gasteiger partial charge is 0.482 e. The van der Waals surface area contributed by atoms with Crippen LogP contribution in [0.4, 0.5) is 0 Å². The Balaban J connectivity index is 2.34. The van der Waals surface area contributed by atoms with E-state index in [2.05, 4.69) is 0 Å². The highest BCUT2D eigenvalue weighted by Crippen LogP contribution is 2.22. The zero-order valence-corrected chi connectivity index (χ0v) is 11.4. The van der Waals surface area contributed by atoms with Gasteiger partial charge in [-0.1, -0.05) is 23.7 Å². The number of aliphatic carboxylic acids is 1. The molecule has 104 valence electrons. The molecule has 0 radical (unpaired) electrons. The van der Waals surface area contributed by atoms with Crippen molar-refractivity contribution in [2.75, 3.05) is 20.2 Å². The molecule has 1 aromatic rings. The molecule has 5 nitrogen and oxygen atoms in total. The monoisotopic (exact) mass is 285 g/mol. The Morgan fingerprint density at radius 3 is 2.68 bits per heavy atom. The van der Waals surface area contributed by atoms with Crippen molar-refractivity contribution in [2.45, 2.75) is 12.8 Å². The van der Waals surface area contributed by atoms with Gasteiger partial charge in [-0.05, 0) is 18.6 Å². The first-order chi connectivity index (χ1) is 9.00. The van der Waals surface area contributed by atoms with Crippen LogP contribution in [-0.4, -0.2) is 42.1 Å². The highest BCUT2D eigenvalue weighted by Gasteiger charge is 2.11. The molecule has 1 amide bonds. The summed E-state index contributed by atoms with van der Waals surface area (Å²) in [5, 5.41) is 8.95. The number of hydrogen-bond acceptors (Lipinski definition) is 3. The van der Waals surface area contributed by atoms with Gasteiger partial charge in [-0.3, -0.25) is 9.59 Å². The van der Waals surface area contributed by atoms with Gasteiger partial charge in [0.1, 0.15) is 5.75 Å². The summed E-state index contributed by atoms with van der Waals surface area (Å²) in [7, 11) is 1.61. The number of nitrogens with zero attached hydrogens (tertiary/aromatic N) is 1. The average molecular weight is 286 g/mol. The lowest BCUT2D eigenvalue weighted by molar-refractivity contribution is -0.138. The van der Waals surface area contributed by atoms with Crippen LogP contribution in [0.15, 0.2) is 24.3 Å². The van der Waals surface area contributed by atoms with Gasteiger partial charge in [0.05, 0.1) is 5.02 Å². The number of rotatable bonds is 7. The maximum Gasteiger partial charge on any atom is 0.303 e. The predicted molar refractivity (Wildman–Crippen MR) is 71.5 cm³/mol. The van der Waals surface area contributed by atoms with E-state index in [-0.39, 0.29) is 18.9 Å². The number of carbonyl (C=O) groups is 2. The van der Waals surface area contributed by atoms with Gasteiger partial charge >= 0.3 is 5.97 Å². The molecule has 0 aromatic heterocycles. The lowest BCUT2D eigenvalue weighted by Gasteiger charge is -2.17. The van der Waals surface area contributed by atoms with E-state index in [0.29, 0.717) is 23.7 Å². The molecule has 0 bridgehead atoms. The van der Waals surface area contributed by atoms with E-state index in [1.165, 1.54) is 4.90 Å². The van der Waals surface area contributed by atoms with Gasteiger partial charge in [0, 0.05) is 20.0 Å². The highest BCUT2D eigenvalue weighted by molar-refractivity contribution is 6.32. The topological polar surface area (TPSA) is 66.8 Å². The second-order valence-electron chi connectivity index (χ2n) is 4.03. The zero-order valence-electron chi connectivity index (χ0n) is 10.6. The molecule has 0 unspecified atom stereocenters. The smallest absolute Gasteiger partial charge is 0.303 e. The van der Waals surface area contributed by atoms with E-state index in [1.54, 1.807) is 31.3 Å². The molecule has 1 N–H and O–H groups in total. The fourth-order valence-electron chi connectivity index (χ4n) is 1.40. The van der Waals surface area contributed by atoms with Crippen molar-refractivity contribution in [3.05, 3.63) is 29.3 Å². The first-order valence-electron chi connectivity index (χ1n) is 5.84. The lowest BCUT2D eigenvalue weighted by atomic mass is 10.3. The fourth-order valence-corrected chi connectivity index (χ4v) is 1.59. The number of ether oxygens (including phenoxy) is 1. The summed E-state index contributed by atoms with van der Waals surface area (Å²) in [6, 6.07) is 6.90. The van der Waals surface area contributed by atoms with Crippen LogP contribution in [0.3, 0.4) is 0 Å². The third-order valence-corrected chi connectivity index (χ3v) is 2.81. The Kier molecular flexibility index (Phi) is 6.15. The van der Waals surface area contributed by atoms with Crippen LogP contribution < -0.4 is 4.74 Å². The van der Waals surface area contributed by atoms with Crippen molar-refractivity contribution in [3.8, 4) is 5.75 Å². The van der Waals surface area contributed by atoms with Crippen LogP contribution in [0.2, 0.25) is 5.02 Å². The minimum absolute atomic E-state index is 0.0446. The molecular formula is C13H16ClNO4. The SMILES string of the molecule is CN(CCCC(=O)O)C(=O)COc1ccccc1Cl. The number of halogens is 1. The summed E-state index contributed by atoms with van der Waals surface area (Å²) in [5.74, 6) is -0.630. The second-order valence-corrected chi connectivity index (χ2v) is 4.44. The van der Waals surface area contributed by atoms with E-state index >= 15 is 0 Å². The molecule has 0 aliphatic carbocycles. The Morgan fingerprint density at radius 2 is 2.05 bits per heavy atom. The van der Waals surface area contributed by atoms with Gasteiger partial charge in [0.25, 0.3) is 5.91 Å². The van der Waals surface area contributed by atoms with Crippen LogP contribution in [0.1, 0.15) is 12.8 Å². The molecular weight excluding hydrogens is 270 g/mol. The van der Waals surface area contributed by atoms with Gasteiger partial charge in [-0.2, -0.15) is 0 Å². The molecule has 0 atom stereocenters. The summed E-state index contributed by atoms with van der Waals surface area (Å²) in [6.07, 6.45) is 0.465. The normalized spacial score (nSPS) is 10.0. The third kappa shape index (κ3) is 5.61. The first-order valence-corrected chi connectivity index (χ1v) is 6.21. The molecule has 0 fully saturated rings. The summed E-state index contributed by atoms with van der Waals surface area (Å²) in [5.41, 5.74) is 0. The summed E-state index contributed by atoms with van der Waals surface area (Å²) in [6.45, 7) is 0.268. The van der Waals surface area contributed by atoms with Crippen molar-refractivity contribution in [3.63, 3.8) is 0 Å². The van der Waals surface area contributed by atoms with Crippen molar-refractivity contribution in [1.82, 2.24) is 4.90 Å². The van der Waals surface area contributed by atoms with Crippen LogP contribution in [0.5, 0.6) is 5.75 Å². The maximum atomic E-state index is 11.7. The number of carboxylic acid groups (broad SMARTS) is 1. The van der Waals surface area contributed by atoms with E-state index in [0.717, 1.165) is 0 Å². The van der Waals surface area contributed by atoms with Crippen molar-refractivity contribution in [2.24, 2.45) is 0 Å². The van der Waals surface area contributed by atoms with Gasteiger partial charge in [-0.25, -0.2) is 0 Å². The third-order valence-electron chi connectivity index (χ3n) is 2.50. The minimum atomic E-state index is -0.867. The van der Waals surface area contributed by atoms with Gasteiger partial charge in [0.2, 0.25) is 0 Å². The maximum absolute atomic E-state index is 11.7. The first kappa shape index (κ1) is 15.3. The quantitative estimate of drug-likeness (QED) is 0.832. The number of amides is 1. The number of hydrogen-bond donors (Lipinski definition) is 1. The number of benzene rings is 1. The van der Waals surface area contributed by atoms with E-state index in [4.69, 9.17) is 21.4 Å². The molecule has 0 saturated heterocycles. The Labute approximate surface area is 116 Å². The molecule has 6 heteroatoms. The second kappa shape index (κ2) is 7.63. The molecule has 19 heavy (non-hydrogen) atoms. The Bertz CT molecular complexity index is 450. The fraction of sp³-hybridized carbons (Fsp3) is 0.385. The van der Waals surface area contributed by atoms with Crippen LogP contribution in [0, 0.1) is 0 Å². The van der Waals surface area contributed by atoms with Gasteiger partial charge in [0.15, 0.2) is 6.61 Å². The minimum Gasteiger partial charge on any atom is -0.482 e. The standard InChI is InChI=1S/C13H16ClNO4/c1-15(8-4-7-13(17)18)12(16)9-19-11-6-3-2-5-10(11)14/h2-3,5-6H,4,7-9H2,1H3,(H,17,18). The van der Waals surface area contributed by atoms with Crippen molar-refractivity contribution < 1.29 is 19.4 Å². The van der Waals surface area contributed by atoms with Crippen molar-refractivity contribution >= 4 is 23.5 Å². The number of para-hydroxylation sites is 1. The zero-order chi connectivity index (χ0) is 14.3. The van der Waals surface area contributed by atoms with Gasteiger partial charge < -0.3 is 14.7 Å². The summed E-state index contributed by atoms with van der Waals surface area (Å²) >= 11 is 5.89. The van der Waals surface area contributed by atoms with Crippen LogP contribution in [0.25, 0.3) is 0 Å². The molecule has 1 aromatic carbocycles. The van der Waals surface area contributed by atoms with Crippen LogP contribution >= 0.6 is 11.6 Å². The average Bonchev–Trinajstić information content (AvgIpc) is 2.36. The lowest BCUT2D eigenvalue weighted by Crippen LogP contribution is -2.32. The van der Waals surface area contributed by atoms with E-state index in [1.807, 2.05) is 0 Å².